The molecule has 178 valence electrons. The first-order chi connectivity index (χ1) is 16.9. The number of carbonyl (C=O) groups excluding carboxylic acids is 3. The molecule has 0 radical (unpaired) electrons. The molecule has 0 aliphatic carbocycles. The first-order valence-electron chi connectivity index (χ1n) is 10.5. The molecular weight excluding hydrogens is 470 g/mol. The number of rotatable bonds is 7. The minimum atomic E-state index is -1.02. The second-order valence-electron chi connectivity index (χ2n) is 7.48. The third-order valence-corrected chi connectivity index (χ3v) is 6.44. The number of Topliss-reactive ketones (excluding diaryl/α,β-unsaturated/α-hetero) is 1. The number of aliphatic hydroxyl groups is 1. The number of methoxy groups -OCH3 is 1. The molecule has 1 atom stereocenters. The van der Waals surface area contributed by atoms with Gasteiger partial charge in [-0.05, 0) is 36.8 Å². The van der Waals surface area contributed by atoms with Crippen molar-refractivity contribution in [3.63, 3.8) is 0 Å². The molecule has 1 aliphatic heterocycles. The molecule has 1 saturated heterocycles. The summed E-state index contributed by atoms with van der Waals surface area (Å²) in [5.74, 6) is -2.22. The molecule has 0 spiro atoms. The summed E-state index contributed by atoms with van der Waals surface area (Å²) >= 11 is 0.930. The Kier molecular flexibility index (Phi) is 6.74. The Balaban J connectivity index is 1.92. The lowest BCUT2D eigenvalue weighted by atomic mass is 9.95. The van der Waals surface area contributed by atoms with E-state index in [2.05, 4.69) is 16.5 Å². The van der Waals surface area contributed by atoms with Crippen molar-refractivity contribution in [1.29, 1.82) is 0 Å². The Labute approximate surface area is 205 Å². The largest absolute Gasteiger partial charge is 0.507 e. The fourth-order valence-corrected chi connectivity index (χ4v) is 4.72. The van der Waals surface area contributed by atoms with Crippen LogP contribution in [0.1, 0.15) is 32.5 Å². The van der Waals surface area contributed by atoms with Crippen molar-refractivity contribution >= 4 is 39.9 Å². The van der Waals surface area contributed by atoms with Crippen molar-refractivity contribution in [1.82, 2.24) is 9.97 Å². The van der Waals surface area contributed by atoms with E-state index in [4.69, 9.17) is 9.47 Å². The van der Waals surface area contributed by atoms with E-state index in [9.17, 15) is 19.5 Å². The number of aryl methyl sites for hydroxylation is 1. The number of hydrogen-bond donors (Lipinski definition) is 1. The molecular formula is C25H21N3O6S. The van der Waals surface area contributed by atoms with Crippen LogP contribution in [0.2, 0.25) is 0 Å². The maximum Gasteiger partial charge on any atom is 0.350 e. The highest BCUT2D eigenvalue weighted by atomic mass is 32.1. The summed E-state index contributed by atoms with van der Waals surface area (Å²) in [5, 5.41) is 11.2. The molecule has 35 heavy (non-hydrogen) atoms. The van der Waals surface area contributed by atoms with Crippen molar-refractivity contribution in [2.45, 2.75) is 13.0 Å². The number of benzene rings is 1. The monoisotopic (exact) mass is 491 g/mol. The highest BCUT2D eigenvalue weighted by molar-refractivity contribution is 7.17. The van der Waals surface area contributed by atoms with Crippen LogP contribution >= 0.6 is 11.3 Å². The van der Waals surface area contributed by atoms with Gasteiger partial charge in [-0.15, -0.1) is 0 Å². The topological polar surface area (TPSA) is 119 Å². The van der Waals surface area contributed by atoms with E-state index in [1.54, 1.807) is 37.3 Å². The van der Waals surface area contributed by atoms with Gasteiger partial charge < -0.3 is 14.6 Å². The smallest absolute Gasteiger partial charge is 0.350 e. The zero-order valence-corrected chi connectivity index (χ0v) is 19.7. The van der Waals surface area contributed by atoms with Crippen LogP contribution < -0.4 is 9.64 Å². The van der Waals surface area contributed by atoms with E-state index < -0.39 is 23.7 Å². The van der Waals surface area contributed by atoms with Crippen LogP contribution in [0.15, 0.2) is 67.0 Å². The fraction of sp³-hybridized carbons (Fsp3) is 0.160. The SMILES string of the molecule is C=CCOc1cccc(C2/C(=C(\O)c3ccncc3)C(=O)C(=O)N2c2nc(C)c(C(=O)OC)s2)c1. The minimum absolute atomic E-state index is 0.116. The summed E-state index contributed by atoms with van der Waals surface area (Å²) in [4.78, 5) is 48.4. The van der Waals surface area contributed by atoms with Gasteiger partial charge in [0.05, 0.1) is 24.4 Å². The zero-order chi connectivity index (χ0) is 25.1. The molecule has 3 heterocycles. The summed E-state index contributed by atoms with van der Waals surface area (Å²) in [6, 6.07) is 8.88. The maximum absolute atomic E-state index is 13.3. The molecule has 9 nitrogen and oxygen atoms in total. The number of pyridine rings is 1. The third kappa shape index (κ3) is 4.43. The van der Waals surface area contributed by atoms with Gasteiger partial charge in [0.1, 0.15) is 23.0 Å². The Morgan fingerprint density at radius 1 is 1.26 bits per heavy atom. The van der Waals surface area contributed by atoms with Gasteiger partial charge in [-0.25, -0.2) is 9.78 Å². The molecule has 0 saturated carbocycles. The van der Waals surface area contributed by atoms with Crippen molar-refractivity contribution < 1.29 is 29.0 Å². The van der Waals surface area contributed by atoms with Crippen LogP contribution in [0.4, 0.5) is 5.13 Å². The van der Waals surface area contributed by atoms with E-state index in [1.165, 1.54) is 36.5 Å². The van der Waals surface area contributed by atoms with Crippen LogP contribution in [-0.4, -0.2) is 46.5 Å². The average Bonchev–Trinajstić information content (AvgIpc) is 3.39. The Morgan fingerprint density at radius 2 is 2.00 bits per heavy atom. The molecule has 10 heteroatoms. The molecule has 1 amide bonds. The zero-order valence-electron chi connectivity index (χ0n) is 18.9. The van der Waals surface area contributed by atoms with E-state index >= 15 is 0 Å². The standard InChI is InChI=1S/C25H21N3O6S/c1-4-12-34-17-7-5-6-16(13-17)19-18(20(29)15-8-10-26-11-9-15)21(30)23(31)28(19)25-27-14(2)22(35-25)24(32)33-3/h4-11,13,19,29H,1,12H2,2-3H3/b20-18+. The number of anilines is 1. The van der Waals surface area contributed by atoms with E-state index in [0.29, 0.717) is 22.6 Å². The maximum atomic E-state index is 13.3. The highest BCUT2D eigenvalue weighted by Gasteiger charge is 2.48. The molecule has 2 aromatic heterocycles. The van der Waals surface area contributed by atoms with Crippen molar-refractivity contribution in [3.8, 4) is 5.75 Å². The molecule has 3 aromatic rings. The fourth-order valence-electron chi connectivity index (χ4n) is 3.71. The average molecular weight is 492 g/mol. The molecule has 1 fully saturated rings. The van der Waals surface area contributed by atoms with Gasteiger partial charge >= 0.3 is 11.9 Å². The number of amides is 1. The number of aliphatic hydroxyl groups excluding tert-OH is 1. The van der Waals surface area contributed by atoms with Gasteiger partial charge in [-0.1, -0.05) is 36.1 Å². The summed E-state index contributed by atoms with van der Waals surface area (Å²) in [5.41, 5.74) is 1.07. The van der Waals surface area contributed by atoms with Crippen LogP contribution in [0.5, 0.6) is 5.75 Å². The summed E-state index contributed by atoms with van der Waals surface area (Å²) in [6.07, 6.45) is 4.53. The van der Waals surface area contributed by atoms with E-state index in [-0.39, 0.29) is 27.9 Å². The molecule has 1 N–H and O–H groups in total. The predicted octanol–water partition coefficient (Wildman–Crippen LogP) is 3.82. The van der Waals surface area contributed by atoms with Gasteiger partial charge in [0.15, 0.2) is 5.13 Å². The molecule has 1 aromatic carbocycles. The lowest BCUT2D eigenvalue weighted by molar-refractivity contribution is -0.132. The third-order valence-electron chi connectivity index (χ3n) is 5.30. The number of ether oxygens (including phenoxy) is 2. The lowest BCUT2D eigenvalue weighted by Gasteiger charge is -2.23. The number of ketones is 1. The number of hydrogen-bond acceptors (Lipinski definition) is 9. The number of thiazole rings is 1. The van der Waals surface area contributed by atoms with Gasteiger partial charge in [0, 0.05) is 18.0 Å². The summed E-state index contributed by atoms with van der Waals surface area (Å²) in [7, 11) is 1.25. The molecule has 1 aliphatic rings. The van der Waals surface area contributed by atoms with Crippen LogP contribution in [0.3, 0.4) is 0 Å². The van der Waals surface area contributed by atoms with Crippen molar-refractivity contribution in [2.24, 2.45) is 0 Å². The van der Waals surface area contributed by atoms with Crippen LogP contribution in [-0.2, 0) is 14.3 Å². The van der Waals surface area contributed by atoms with Gasteiger partial charge in [-0.2, -0.15) is 0 Å². The first-order valence-corrected chi connectivity index (χ1v) is 11.3. The van der Waals surface area contributed by atoms with Gasteiger partial charge in [-0.3, -0.25) is 19.5 Å². The summed E-state index contributed by atoms with van der Waals surface area (Å²) < 4.78 is 10.4. The Bertz CT molecular complexity index is 1350. The number of carbonyl (C=O) groups is 3. The van der Waals surface area contributed by atoms with Gasteiger partial charge in [0.25, 0.3) is 5.78 Å². The molecule has 1 unspecified atom stereocenters. The highest BCUT2D eigenvalue weighted by Crippen LogP contribution is 2.44. The molecule has 4 rings (SSSR count). The van der Waals surface area contributed by atoms with Gasteiger partial charge in [0.2, 0.25) is 0 Å². The second kappa shape index (κ2) is 9.90. The normalized spacial score (nSPS) is 16.9. The van der Waals surface area contributed by atoms with E-state index in [1.807, 2.05) is 0 Å². The number of esters is 1. The van der Waals surface area contributed by atoms with E-state index in [0.717, 1.165) is 11.3 Å². The summed E-state index contributed by atoms with van der Waals surface area (Å²) in [6.45, 7) is 5.50. The Hall–Kier alpha value is -4.31. The minimum Gasteiger partial charge on any atom is -0.507 e. The number of aromatic nitrogens is 2. The second-order valence-corrected chi connectivity index (χ2v) is 8.46. The number of nitrogens with zero attached hydrogens (tertiary/aromatic N) is 3. The van der Waals surface area contributed by atoms with Crippen molar-refractivity contribution in [2.75, 3.05) is 18.6 Å². The van der Waals surface area contributed by atoms with Crippen LogP contribution in [0.25, 0.3) is 5.76 Å². The quantitative estimate of drug-likeness (QED) is 0.174. The molecule has 0 bridgehead atoms. The van der Waals surface area contributed by atoms with Crippen molar-refractivity contribution in [3.05, 3.63) is 88.7 Å². The predicted molar refractivity (Wildman–Crippen MR) is 129 cm³/mol. The van der Waals surface area contributed by atoms with Crippen LogP contribution in [0, 0.1) is 6.92 Å². The Morgan fingerprint density at radius 3 is 2.69 bits per heavy atom. The lowest BCUT2D eigenvalue weighted by Crippen LogP contribution is -2.29. The first kappa shape index (κ1) is 23.8.